The van der Waals surface area contributed by atoms with Crippen molar-refractivity contribution in [1.29, 1.82) is 0 Å². The number of alkyl halides is 1. The third-order valence-electron chi connectivity index (χ3n) is 3.09. The molecule has 70 valence electrons. The van der Waals surface area contributed by atoms with E-state index in [1.165, 1.54) is 38.5 Å². The van der Waals surface area contributed by atoms with Crippen LogP contribution in [0.5, 0.6) is 0 Å². The summed E-state index contributed by atoms with van der Waals surface area (Å²) in [5, 5.41) is 3.98. The Kier molecular flexibility index (Phi) is 2.92. The van der Waals surface area contributed by atoms with E-state index in [-0.39, 0.29) is 0 Å². The van der Waals surface area contributed by atoms with Crippen LogP contribution in [-0.2, 0) is 0 Å². The smallest absolute Gasteiger partial charge is 0.0488 e. The first kappa shape index (κ1) is 8.83. The van der Waals surface area contributed by atoms with Gasteiger partial charge in [-0.15, -0.1) is 11.6 Å². The van der Waals surface area contributed by atoms with Crippen molar-refractivity contribution in [3.05, 3.63) is 0 Å². The highest BCUT2D eigenvalue weighted by molar-refractivity contribution is 6.21. The zero-order valence-electron chi connectivity index (χ0n) is 7.56. The lowest BCUT2D eigenvalue weighted by molar-refractivity contribution is 0.506. The van der Waals surface area contributed by atoms with E-state index in [2.05, 4.69) is 5.32 Å². The average Bonchev–Trinajstić information content (AvgIpc) is 2.80. The van der Waals surface area contributed by atoms with Crippen molar-refractivity contribution in [2.45, 2.75) is 49.9 Å². The lowest BCUT2D eigenvalue weighted by Crippen LogP contribution is -2.32. The number of hydrogen-bond acceptors (Lipinski definition) is 1. The third-order valence-corrected chi connectivity index (χ3v) is 3.60. The number of halogens is 1. The molecular formula is C10H18ClN. The molecule has 0 aliphatic heterocycles. The maximum absolute atomic E-state index is 6.19. The molecule has 2 fully saturated rings. The Morgan fingerprint density at radius 1 is 1.17 bits per heavy atom. The molecule has 1 atom stereocenters. The van der Waals surface area contributed by atoms with Crippen molar-refractivity contribution in [2.75, 3.05) is 6.54 Å². The summed E-state index contributed by atoms with van der Waals surface area (Å²) in [4.78, 5) is 0. The third kappa shape index (κ3) is 2.37. The van der Waals surface area contributed by atoms with Gasteiger partial charge < -0.3 is 5.32 Å². The molecule has 0 aromatic rings. The van der Waals surface area contributed by atoms with Gasteiger partial charge in [-0.3, -0.25) is 0 Å². The summed E-state index contributed by atoms with van der Waals surface area (Å²) < 4.78 is 0. The predicted molar refractivity (Wildman–Crippen MR) is 52.6 cm³/mol. The average molecular weight is 188 g/mol. The molecule has 0 saturated heterocycles. The van der Waals surface area contributed by atoms with Gasteiger partial charge in [0.2, 0.25) is 0 Å². The van der Waals surface area contributed by atoms with Gasteiger partial charge in [0, 0.05) is 18.0 Å². The van der Waals surface area contributed by atoms with Crippen LogP contribution in [0.2, 0.25) is 0 Å². The largest absolute Gasteiger partial charge is 0.313 e. The fourth-order valence-electron chi connectivity index (χ4n) is 2.03. The first-order valence-corrected chi connectivity index (χ1v) is 5.67. The van der Waals surface area contributed by atoms with E-state index >= 15 is 0 Å². The fourth-order valence-corrected chi connectivity index (χ4v) is 2.37. The van der Waals surface area contributed by atoms with Crippen molar-refractivity contribution in [1.82, 2.24) is 5.32 Å². The van der Waals surface area contributed by atoms with Crippen LogP contribution in [-0.4, -0.2) is 18.0 Å². The molecule has 0 bridgehead atoms. The summed E-state index contributed by atoms with van der Waals surface area (Å²) in [6.45, 7) is 1.04. The first-order chi connectivity index (χ1) is 5.86. The van der Waals surface area contributed by atoms with Gasteiger partial charge >= 0.3 is 0 Å². The molecule has 1 N–H and O–H groups in total. The number of nitrogens with one attached hydrogen (secondary N) is 1. The quantitative estimate of drug-likeness (QED) is 0.668. The topological polar surface area (TPSA) is 12.0 Å². The van der Waals surface area contributed by atoms with E-state index < -0.39 is 0 Å². The Bertz CT molecular complexity index is 137. The predicted octanol–water partition coefficient (Wildman–Crippen LogP) is 2.54. The Morgan fingerprint density at radius 3 is 2.42 bits per heavy atom. The second kappa shape index (κ2) is 3.97. The van der Waals surface area contributed by atoms with Gasteiger partial charge in [0.25, 0.3) is 0 Å². The molecule has 0 spiro atoms. The number of hydrogen-bond donors (Lipinski definition) is 1. The minimum absolute atomic E-state index is 0.408. The van der Waals surface area contributed by atoms with Crippen LogP contribution >= 0.6 is 11.6 Å². The minimum atomic E-state index is 0.408. The number of rotatable bonds is 4. The van der Waals surface area contributed by atoms with Crippen molar-refractivity contribution >= 4 is 11.6 Å². The molecule has 2 saturated carbocycles. The van der Waals surface area contributed by atoms with Crippen LogP contribution in [0, 0.1) is 5.92 Å². The van der Waals surface area contributed by atoms with Crippen LogP contribution < -0.4 is 5.32 Å². The maximum atomic E-state index is 6.19. The lowest BCUT2D eigenvalue weighted by Gasteiger charge is -2.14. The summed E-state index contributed by atoms with van der Waals surface area (Å²) in [6, 6.07) is 0.782. The maximum Gasteiger partial charge on any atom is 0.0488 e. The molecule has 0 radical (unpaired) electrons. The van der Waals surface area contributed by atoms with E-state index in [1.807, 2.05) is 0 Å². The van der Waals surface area contributed by atoms with Crippen LogP contribution in [0.3, 0.4) is 0 Å². The normalized spacial score (nSPS) is 27.8. The minimum Gasteiger partial charge on any atom is -0.313 e. The standard InChI is InChI=1S/C10H18ClN/c11-10(8-5-6-8)7-12-9-3-1-2-4-9/h8-10,12H,1-7H2. The Hall–Kier alpha value is 0.250. The van der Waals surface area contributed by atoms with Crippen molar-refractivity contribution in [2.24, 2.45) is 5.92 Å². The molecule has 2 aliphatic carbocycles. The molecule has 0 heterocycles. The molecule has 1 nitrogen and oxygen atoms in total. The van der Waals surface area contributed by atoms with E-state index in [9.17, 15) is 0 Å². The van der Waals surface area contributed by atoms with Crippen LogP contribution in [0.1, 0.15) is 38.5 Å². The highest BCUT2D eigenvalue weighted by atomic mass is 35.5. The van der Waals surface area contributed by atoms with Crippen LogP contribution in [0.4, 0.5) is 0 Å². The van der Waals surface area contributed by atoms with Gasteiger partial charge in [0.05, 0.1) is 0 Å². The Balaban J connectivity index is 1.60. The molecule has 2 heteroatoms. The second-order valence-electron chi connectivity index (χ2n) is 4.24. The van der Waals surface area contributed by atoms with Crippen molar-refractivity contribution in [3.8, 4) is 0 Å². The lowest BCUT2D eigenvalue weighted by atomic mass is 10.2. The van der Waals surface area contributed by atoms with E-state index in [0.717, 1.165) is 18.5 Å². The summed E-state index contributed by atoms with van der Waals surface area (Å²) in [6.07, 6.45) is 8.28. The first-order valence-electron chi connectivity index (χ1n) is 5.24. The molecule has 12 heavy (non-hydrogen) atoms. The van der Waals surface area contributed by atoms with Gasteiger partial charge in [-0.1, -0.05) is 12.8 Å². The van der Waals surface area contributed by atoms with Gasteiger partial charge in [-0.2, -0.15) is 0 Å². The van der Waals surface area contributed by atoms with Gasteiger partial charge in [0.15, 0.2) is 0 Å². The summed E-state index contributed by atoms with van der Waals surface area (Å²) in [5.74, 6) is 0.834. The van der Waals surface area contributed by atoms with Crippen molar-refractivity contribution < 1.29 is 0 Å². The molecular weight excluding hydrogens is 170 g/mol. The zero-order chi connectivity index (χ0) is 8.39. The molecule has 2 rings (SSSR count). The SMILES string of the molecule is ClC(CNC1CCCC1)C1CC1. The van der Waals surface area contributed by atoms with E-state index in [0.29, 0.717) is 5.38 Å². The fraction of sp³-hybridized carbons (Fsp3) is 1.00. The summed E-state index contributed by atoms with van der Waals surface area (Å²) >= 11 is 6.19. The molecule has 0 aromatic heterocycles. The summed E-state index contributed by atoms with van der Waals surface area (Å²) in [5.41, 5.74) is 0. The van der Waals surface area contributed by atoms with Gasteiger partial charge in [0.1, 0.15) is 0 Å². The van der Waals surface area contributed by atoms with Crippen molar-refractivity contribution in [3.63, 3.8) is 0 Å². The molecule has 2 aliphatic rings. The molecule has 0 amide bonds. The van der Waals surface area contributed by atoms with Gasteiger partial charge in [-0.25, -0.2) is 0 Å². The van der Waals surface area contributed by atoms with Crippen LogP contribution in [0.25, 0.3) is 0 Å². The molecule has 1 unspecified atom stereocenters. The summed E-state index contributed by atoms with van der Waals surface area (Å²) in [7, 11) is 0. The Morgan fingerprint density at radius 2 is 1.83 bits per heavy atom. The Labute approximate surface area is 79.9 Å². The zero-order valence-corrected chi connectivity index (χ0v) is 8.32. The second-order valence-corrected chi connectivity index (χ2v) is 4.80. The monoisotopic (exact) mass is 187 g/mol. The molecule has 0 aromatic carbocycles. The van der Waals surface area contributed by atoms with Crippen LogP contribution in [0.15, 0.2) is 0 Å². The van der Waals surface area contributed by atoms with Gasteiger partial charge in [-0.05, 0) is 31.6 Å². The highest BCUT2D eigenvalue weighted by Crippen LogP contribution is 2.35. The highest BCUT2D eigenvalue weighted by Gasteiger charge is 2.29. The van der Waals surface area contributed by atoms with E-state index in [4.69, 9.17) is 11.6 Å². The van der Waals surface area contributed by atoms with E-state index in [1.54, 1.807) is 0 Å².